The Morgan fingerprint density at radius 1 is 0.286 bits per heavy atom. The van der Waals surface area contributed by atoms with E-state index in [0.717, 1.165) is 34.1 Å². The molecule has 0 amide bonds. The molecule has 0 N–H and O–H groups in total. The third-order valence-corrected chi connectivity index (χ3v) is 16.3. The largest absolute Gasteiger partial charge is 0.310 e. The quantitative estimate of drug-likeness (QED) is 0.174. The van der Waals surface area contributed by atoms with Crippen molar-refractivity contribution >= 4 is 65.6 Å². The van der Waals surface area contributed by atoms with Crippen LogP contribution in [0.15, 0.2) is 255 Å². The number of hydrogen-bond acceptors (Lipinski definition) is 3. The summed E-state index contributed by atoms with van der Waals surface area (Å²) in [5.74, 6) is 0. The Labute approximate surface area is 411 Å². The van der Waals surface area contributed by atoms with Crippen LogP contribution in [0.2, 0.25) is 0 Å². The number of thiophene rings is 1. The average Bonchev–Trinajstić information content (AvgIpc) is 3.86. The number of rotatable bonds is 4. The van der Waals surface area contributed by atoms with Gasteiger partial charge in [0.15, 0.2) is 0 Å². The Hall–Kier alpha value is -8.76. The molecule has 2 aliphatic carbocycles. The predicted molar refractivity (Wildman–Crippen MR) is 295 cm³/mol. The number of anilines is 6. The minimum Gasteiger partial charge on any atom is -0.310 e. The minimum absolute atomic E-state index is 0.594. The zero-order chi connectivity index (χ0) is 45.9. The molecular formula is C67H42N2S. The van der Waals surface area contributed by atoms with Crippen molar-refractivity contribution in [3.63, 3.8) is 0 Å². The molecule has 3 aliphatic rings. The van der Waals surface area contributed by atoms with E-state index in [1.165, 1.54) is 98.1 Å². The highest BCUT2D eigenvalue weighted by Gasteiger charge is 2.50. The second-order valence-electron chi connectivity index (χ2n) is 18.7. The Kier molecular flexibility index (Phi) is 8.48. The van der Waals surface area contributed by atoms with E-state index in [9.17, 15) is 0 Å². The van der Waals surface area contributed by atoms with Gasteiger partial charge < -0.3 is 9.80 Å². The van der Waals surface area contributed by atoms with Crippen LogP contribution in [0.4, 0.5) is 34.1 Å². The van der Waals surface area contributed by atoms with Gasteiger partial charge in [0, 0.05) is 54.0 Å². The number of para-hydroxylation sites is 4. The molecule has 1 unspecified atom stereocenters. The van der Waals surface area contributed by atoms with E-state index in [1.807, 2.05) is 11.3 Å². The van der Waals surface area contributed by atoms with Gasteiger partial charge in [-0.05, 0) is 146 Å². The van der Waals surface area contributed by atoms with Crippen LogP contribution < -0.4 is 9.80 Å². The molecular weight excluding hydrogens is 865 g/mol. The lowest BCUT2D eigenvalue weighted by Gasteiger charge is -2.36. The first kappa shape index (κ1) is 39.3. The summed E-state index contributed by atoms with van der Waals surface area (Å²) in [5.41, 5.74) is 23.8. The highest BCUT2D eigenvalue weighted by Crippen LogP contribution is 2.63. The maximum atomic E-state index is 2.54. The molecule has 0 saturated carbocycles. The molecule has 0 radical (unpaired) electrons. The number of benzene rings is 11. The van der Waals surface area contributed by atoms with Crippen LogP contribution in [-0.4, -0.2) is 0 Å². The molecule has 1 aromatic heterocycles. The first-order chi connectivity index (χ1) is 34.7. The van der Waals surface area contributed by atoms with E-state index in [0.29, 0.717) is 0 Å². The van der Waals surface area contributed by atoms with E-state index >= 15 is 0 Å². The van der Waals surface area contributed by atoms with Gasteiger partial charge in [-0.2, -0.15) is 0 Å². The Bertz CT molecular complexity index is 4090. The van der Waals surface area contributed by atoms with Gasteiger partial charge in [-0.1, -0.05) is 176 Å². The monoisotopic (exact) mass is 906 g/mol. The summed E-state index contributed by atoms with van der Waals surface area (Å²) in [6.45, 7) is 0. The third kappa shape index (κ3) is 5.49. The zero-order valence-corrected chi connectivity index (χ0v) is 38.9. The summed E-state index contributed by atoms with van der Waals surface area (Å²) in [4.78, 5) is 4.88. The second-order valence-corrected chi connectivity index (χ2v) is 19.8. The lowest BCUT2D eigenvalue weighted by atomic mass is 9.66. The summed E-state index contributed by atoms with van der Waals surface area (Å²) < 4.78 is 2.64. The van der Waals surface area contributed by atoms with Crippen molar-refractivity contribution < 1.29 is 0 Å². The topological polar surface area (TPSA) is 6.48 Å². The van der Waals surface area contributed by atoms with Crippen LogP contribution in [0.5, 0.6) is 0 Å². The van der Waals surface area contributed by atoms with Crippen molar-refractivity contribution in [2.45, 2.75) is 5.41 Å². The minimum atomic E-state index is -0.594. The van der Waals surface area contributed by atoms with Crippen LogP contribution in [0.3, 0.4) is 0 Å². The van der Waals surface area contributed by atoms with Crippen molar-refractivity contribution in [1.29, 1.82) is 0 Å². The van der Waals surface area contributed by atoms with Gasteiger partial charge in [0.1, 0.15) is 0 Å². The van der Waals surface area contributed by atoms with Crippen LogP contribution >= 0.6 is 11.3 Å². The van der Waals surface area contributed by atoms with E-state index in [2.05, 4.69) is 265 Å². The SMILES string of the molecule is c1ccc(N(c2ccc3c(c2)-c2ccccc2N(c2ccccc2)c2ccccc2-3)c2ccc3c(c2)-c2ccccc2-c2ccccc2C32c3ccccc3-c3cc4c(cc32)sc2ccccc24)cc1. The lowest BCUT2D eigenvalue weighted by molar-refractivity contribution is 0.776. The van der Waals surface area contributed by atoms with E-state index in [-0.39, 0.29) is 0 Å². The molecule has 3 heteroatoms. The van der Waals surface area contributed by atoms with Crippen LogP contribution in [0, 0.1) is 0 Å². The third-order valence-electron chi connectivity index (χ3n) is 15.2. The van der Waals surface area contributed by atoms with Crippen molar-refractivity contribution in [1.82, 2.24) is 0 Å². The van der Waals surface area contributed by atoms with E-state index in [4.69, 9.17) is 0 Å². The summed E-state index contributed by atoms with van der Waals surface area (Å²) in [6.07, 6.45) is 0. The highest BCUT2D eigenvalue weighted by molar-refractivity contribution is 7.25. The molecule has 2 heterocycles. The summed E-state index contributed by atoms with van der Waals surface area (Å²) in [6, 6.07) is 95.2. The molecule has 0 bridgehead atoms. The molecule has 15 rings (SSSR count). The molecule has 2 nitrogen and oxygen atoms in total. The fourth-order valence-electron chi connectivity index (χ4n) is 12.4. The van der Waals surface area contributed by atoms with Crippen molar-refractivity contribution in [2.24, 2.45) is 0 Å². The van der Waals surface area contributed by atoms with Crippen molar-refractivity contribution in [3.8, 4) is 55.6 Å². The Morgan fingerprint density at radius 3 is 1.49 bits per heavy atom. The Balaban J connectivity index is 0.997. The molecule has 326 valence electrons. The first-order valence-electron chi connectivity index (χ1n) is 24.2. The van der Waals surface area contributed by atoms with E-state index in [1.54, 1.807) is 0 Å². The first-order valence-corrected chi connectivity index (χ1v) is 25.0. The van der Waals surface area contributed by atoms with Crippen LogP contribution in [-0.2, 0) is 5.41 Å². The fourth-order valence-corrected chi connectivity index (χ4v) is 13.5. The molecule has 11 aromatic carbocycles. The fraction of sp³-hybridized carbons (Fsp3) is 0.0149. The maximum absolute atomic E-state index is 2.54. The van der Waals surface area contributed by atoms with Gasteiger partial charge in [0.25, 0.3) is 0 Å². The molecule has 70 heavy (non-hydrogen) atoms. The smallest absolute Gasteiger partial charge is 0.0726 e. The average molecular weight is 907 g/mol. The van der Waals surface area contributed by atoms with Gasteiger partial charge in [-0.3, -0.25) is 0 Å². The number of fused-ring (bicyclic) bond motifs is 20. The van der Waals surface area contributed by atoms with Gasteiger partial charge >= 0.3 is 0 Å². The van der Waals surface area contributed by atoms with Crippen molar-refractivity contribution in [2.75, 3.05) is 9.80 Å². The van der Waals surface area contributed by atoms with Gasteiger partial charge in [0.2, 0.25) is 0 Å². The molecule has 0 fully saturated rings. The zero-order valence-electron chi connectivity index (χ0n) is 38.1. The summed E-state index contributed by atoms with van der Waals surface area (Å²) in [5, 5.41) is 2.65. The lowest BCUT2D eigenvalue weighted by Crippen LogP contribution is -2.29. The van der Waals surface area contributed by atoms with E-state index < -0.39 is 5.41 Å². The van der Waals surface area contributed by atoms with Gasteiger partial charge in [-0.15, -0.1) is 11.3 Å². The Morgan fingerprint density at radius 2 is 0.771 bits per heavy atom. The van der Waals surface area contributed by atoms with Gasteiger partial charge in [-0.25, -0.2) is 0 Å². The summed E-state index contributed by atoms with van der Waals surface area (Å²) >= 11 is 1.90. The van der Waals surface area contributed by atoms with Crippen molar-refractivity contribution in [3.05, 3.63) is 277 Å². The van der Waals surface area contributed by atoms with Crippen LogP contribution in [0.1, 0.15) is 22.3 Å². The van der Waals surface area contributed by atoms with Gasteiger partial charge in [0.05, 0.1) is 16.8 Å². The maximum Gasteiger partial charge on any atom is 0.0726 e. The molecule has 1 aliphatic heterocycles. The molecule has 1 spiro atoms. The molecule has 12 aromatic rings. The van der Waals surface area contributed by atoms with Crippen LogP contribution in [0.25, 0.3) is 75.8 Å². The summed E-state index contributed by atoms with van der Waals surface area (Å²) in [7, 11) is 0. The number of nitrogens with zero attached hydrogens (tertiary/aromatic N) is 2. The predicted octanol–water partition coefficient (Wildman–Crippen LogP) is 18.7. The molecule has 1 atom stereocenters. The normalized spacial score (nSPS) is 14.6. The highest BCUT2D eigenvalue weighted by atomic mass is 32.1. The standard InChI is InChI=1S/C67H42N2S/c1-3-19-43(20-4-1)68(45-35-37-49-52-27-11-16-32-63(52)69(44-21-5-2-6-22-44)64-33-17-12-28-53(64)55(49)39-45)46-36-38-61-56(40-46)48-24-8-7-23-47(48)50-25-9-14-30-59(50)67(61)60-31-15-10-26-51(60)57-41-58-54-29-13-18-34-65(54)70-66(58)42-62(57)67/h1-42H. The number of hydrogen-bond donors (Lipinski definition) is 0. The second kappa shape index (κ2) is 15.1. The molecule has 0 saturated heterocycles.